The largest absolute Gasteiger partial charge is 0.382 e. The fraction of sp³-hybridized carbons (Fsp3) is 0.571. The molecule has 2 N–H and O–H groups in total. The van der Waals surface area contributed by atoms with Gasteiger partial charge >= 0.3 is 0 Å². The topological polar surface area (TPSA) is 33.3 Å². The Balaban J connectivity index is 1.57. The Kier molecular flexibility index (Phi) is 3.29. The summed E-state index contributed by atoms with van der Waals surface area (Å²) in [6.45, 7) is 3.66. The molecular weight excluding hydrogens is 212 g/mol. The Morgan fingerprint density at radius 2 is 2.24 bits per heavy atom. The Morgan fingerprint density at radius 1 is 1.29 bits per heavy atom. The average Bonchev–Trinajstić information content (AvgIpc) is 2.85. The molecule has 1 fully saturated rings. The molecule has 0 saturated carbocycles. The van der Waals surface area contributed by atoms with Gasteiger partial charge in [0.15, 0.2) is 0 Å². The van der Waals surface area contributed by atoms with E-state index in [1.165, 1.54) is 36.1 Å². The van der Waals surface area contributed by atoms with Crippen molar-refractivity contribution in [3.63, 3.8) is 0 Å². The molecule has 1 unspecified atom stereocenters. The van der Waals surface area contributed by atoms with Gasteiger partial charge in [-0.3, -0.25) is 0 Å². The van der Waals surface area contributed by atoms with Crippen molar-refractivity contribution in [1.82, 2.24) is 5.32 Å². The lowest BCUT2D eigenvalue weighted by Gasteiger charge is -2.24. The Bertz CT molecular complexity index is 386. The first kappa shape index (κ1) is 11.1. The van der Waals surface area contributed by atoms with Crippen molar-refractivity contribution in [2.24, 2.45) is 0 Å². The standard InChI is InChI=1S/C14H20N2O/c1-2-11-4-5-13(8-12(11)3-1)16-10-14-9-15-6-7-17-14/h4-5,8,14-16H,1-3,6-7,9-10H2. The van der Waals surface area contributed by atoms with Crippen molar-refractivity contribution in [3.8, 4) is 0 Å². The number of ether oxygens (including phenoxy) is 1. The van der Waals surface area contributed by atoms with Crippen molar-refractivity contribution >= 4 is 5.69 Å². The van der Waals surface area contributed by atoms with Crippen LogP contribution >= 0.6 is 0 Å². The van der Waals surface area contributed by atoms with Gasteiger partial charge in [-0.1, -0.05) is 6.07 Å². The first-order valence-corrected chi connectivity index (χ1v) is 6.60. The van der Waals surface area contributed by atoms with Gasteiger partial charge in [0.1, 0.15) is 0 Å². The molecule has 0 bridgehead atoms. The number of hydrogen-bond donors (Lipinski definition) is 2. The van der Waals surface area contributed by atoms with Gasteiger partial charge in [0, 0.05) is 25.3 Å². The minimum atomic E-state index is 0.303. The fourth-order valence-corrected chi connectivity index (χ4v) is 2.66. The molecule has 2 aliphatic rings. The molecule has 1 aromatic carbocycles. The van der Waals surface area contributed by atoms with Crippen LogP contribution in [0.4, 0.5) is 5.69 Å². The maximum atomic E-state index is 5.67. The third-order valence-corrected chi connectivity index (χ3v) is 3.64. The number of fused-ring (bicyclic) bond motifs is 1. The van der Waals surface area contributed by atoms with Crippen molar-refractivity contribution in [2.75, 3.05) is 31.6 Å². The predicted molar refractivity (Wildman–Crippen MR) is 69.6 cm³/mol. The minimum absolute atomic E-state index is 0.303. The second kappa shape index (κ2) is 5.07. The van der Waals surface area contributed by atoms with E-state index in [-0.39, 0.29) is 0 Å². The van der Waals surface area contributed by atoms with Gasteiger partial charge in [-0.15, -0.1) is 0 Å². The molecule has 1 saturated heterocycles. The summed E-state index contributed by atoms with van der Waals surface area (Å²) in [6.07, 6.45) is 4.11. The van der Waals surface area contributed by atoms with Crippen molar-refractivity contribution in [2.45, 2.75) is 25.4 Å². The van der Waals surface area contributed by atoms with Gasteiger partial charge in [-0.2, -0.15) is 0 Å². The number of morpholine rings is 1. The highest BCUT2D eigenvalue weighted by molar-refractivity contribution is 5.50. The number of hydrogen-bond acceptors (Lipinski definition) is 3. The van der Waals surface area contributed by atoms with Gasteiger partial charge in [-0.25, -0.2) is 0 Å². The van der Waals surface area contributed by atoms with Gasteiger partial charge in [-0.05, 0) is 42.5 Å². The van der Waals surface area contributed by atoms with E-state index in [9.17, 15) is 0 Å². The summed E-state index contributed by atoms with van der Waals surface area (Å²) in [5, 5.41) is 6.83. The van der Waals surface area contributed by atoms with Crippen LogP contribution < -0.4 is 10.6 Å². The first-order valence-electron chi connectivity index (χ1n) is 6.60. The molecular formula is C14H20N2O. The second-order valence-electron chi connectivity index (χ2n) is 4.91. The lowest BCUT2D eigenvalue weighted by Crippen LogP contribution is -2.42. The quantitative estimate of drug-likeness (QED) is 0.830. The summed E-state index contributed by atoms with van der Waals surface area (Å²) >= 11 is 0. The number of anilines is 1. The van der Waals surface area contributed by atoms with Crippen molar-refractivity contribution in [1.29, 1.82) is 0 Å². The molecule has 1 aliphatic heterocycles. The highest BCUT2D eigenvalue weighted by Gasteiger charge is 2.14. The van der Waals surface area contributed by atoms with Crippen molar-refractivity contribution in [3.05, 3.63) is 29.3 Å². The Hall–Kier alpha value is -1.06. The van der Waals surface area contributed by atoms with Crippen LogP contribution in [0.2, 0.25) is 0 Å². The molecule has 3 heteroatoms. The van der Waals surface area contributed by atoms with E-state index in [1.807, 2.05) is 0 Å². The van der Waals surface area contributed by atoms with E-state index in [1.54, 1.807) is 0 Å². The zero-order valence-electron chi connectivity index (χ0n) is 10.2. The third-order valence-electron chi connectivity index (χ3n) is 3.64. The molecule has 0 spiro atoms. The molecule has 1 heterocycles. The van der Waals surface area contributed by atoms with Gasteiger partial charge in [0.2, 0.25) is 0 Å². The SMILES string of the molecule is c1cc2c(cc1NCC1CNCCO1)CCC2. The Morgan fingerprint density at radius 3 is 3.12 bits per heavy atom. The van der Waals surface area contributed by atoms with Crippen LogP contribution in [0.3, 0.4) is 0 Å². The molecule has 0 amide bonds. The summed E-state index contributed by atoms with van der Waals surface area (Å²) in [7, 11) is 0. The summed E-state index contributed by atoms with van der Waals surface area (Å²) in [6, 6.07) is 6.77. The normalized spacial score (nSPS) is 23.4. The maximum absolute atomic E-state index is 5.67. The number of aryl methyl sites for hydroxylation is 2. The average molecular weight is 232 g/mol. The molecule has 1 aliphatic carbocycles. The minimum Gasteiger partial charge on any atom is -0.382 e. The third kappa shape index (κ3) is 2.61. The smallest absolute Gasteiger partial charge is 0.0872 e. The summed E-state index contributed by atoms with van der Waals surface area (Å²) < 4.78 is 5.67. The van der Waals surface area contributed by atoms with Crippen LogP contribution in [0.15, 0.2) is 18.2 Å². The van der Waals surface area contributed by atoms with Crippen LogP contribution in [0, 0.1) is 0 Å². The lowest BCUT2D eigenvalue weighted by molar-refractivity contribution is 0.0372. The zero-order chi connectivity index (χ0) is 11.5. The van der Waals surface area contributed by atoms with Crippen LogP contribution in [0.1, 0.15) is 17.5 Å². The Labute approximate surface area is 103 Å². The van der Waals surface area contributed by atoms with Crippen LogP contribution in [0.25, 0.3) is 0 Å². The molecule has 92 valence electrons. The molecule has 3 rings (SSSR count). The van der Waals surface area contributed by atoms with E-state index in [2.05, 4.69) is 28.8 Å². The molecule has 1 aromatic rings. The fourth-order valence-electron chi connectivity index (χ4n) is 2.66. The van der Waals surface area contributed by atoms with E-state index in [4.69, 9.17) is 4.74 Å². The van der Waals surface area contributed by atoms with Gasteiger partial charge in [0.05, 0.1) is 12.7 Å². The summed E-state index contributed by atoms with van der Waals surface area (Å²) in [5.41, 5.74) is 4.30. The molecule has 1 atom stereocenters. The second-order valence-corrected chi connectivity index (χ2v) is 4.91. The van der Waals surface area contributed by atoms with Crippen LogP contribution in [-0.4, -0.2) is 32.3 Å². The van der Waals surface area contributed by atoms with Gasteiger partial charge in [0.25, 0.3) is 0 Å². The predicted octanol–water partition coefficient (Wildman–Crippen LogP) is 1.58. The maximum Gasteiger partial charge on any atom is 0.0872 e. The molecule has 17 heavy (non-hydrogen) atoms. The zero-order valence-corrected chi connectivity index (χ0v) is 10.2. The summed E-state index contributed by atoms with van der Waals surface area (Å²) in [5.74, 6) is 0. The summed E-state index contributed by atoms with van der Waals surface area (Å²) in [4.78, 5) is 0. The van der Waals surface area contributed by atoms with E-state index >= 15 is 0 Å². The molecule has 0 radical (unpaired) electrons. The highest BCUT2D eigenvalue weighted by atomic mass is 16.5. The van der Waals surface area contributed by atoms with E-state index in [0.29, 0.717) is 6.10 Å². The number of rotatable bonds is 3. The highest BCUT2D eigenvalue weighted by Crippen LogP contribution is 2.24. The van der Waals surface area contributed by atoms with Crippen molar-refractivity contribution < 1.29 is 4.74 Å². The van der Waals surface area contributed by atoms with Gasteiger partial charge < -0.3 is 15.4 Å². The lowest BCUT2D eigenvalue weighted by atomic mass is 10.1. The van der Waals surface area contributed by atoms with Crippen LogP contribution in [-0.2, 0) is 17.6 Å². The monoisotopic (exact) mass is 232 g/mol. The first-order chi connectivity index (χ1) is 8.42. The van der Waals surface area contributed by atoms with E-state index in [0.717, 1.165) is 26.2 Å². The molecule has 3 nitrogen and oxygen atoms in total. The molecule has 0 aromatic heterocycles. The number of benzene rings is 1. The van der Waals surface area contributed by atoms with Crippen LogP contribution in [0.5, 0.6) is 0 Å². The van der Waals surface area contributed by atoms with E-state index < -0.39 is 0 Å². The number of nitrogens with one attached hydrogen (secondary N) is 2.